The fourth-order valence-corrected chi connectivity index (χ4v) is 1.20. The van der Waals surface area contributed by atoms with Crippen LogP contribution in [-0.2, 0) is 0 Å². The van der Waals surface area contributed by atoms with Gasteiger partial charge in [-0.2, -0.15) is 0 Å². The molecule has 0 rings (SSSR count). The van der Waals surface area contributed by atoms with E-state index in [0.29, 0.717) is 6.54 Å². The van der Waals surface area contributed by atoms with Crippen LogP contribution in [0.4, 0.5) is 4.79 Å². The minimum atomic E-state index is -0.0165. The summed E-state index contributed by atoms with van der Waals surface area (Å²) in [7, 11) is 5.23. The lowest BCUT2D eigenvalue weighted by molar-refractivity contribution is 0.187. The molecule has 0 atom stereocenters. The lowest BCUT2D eigenvalue weighted by Crippen LogP contribution is -2.36. The van der Waals surface area contributed by atoms with E-state index in [1.54, 1.807) is 30.9 Å². The Morgan fingerprint density at radius 3 is 1.94 bits per heavy atom. The van der Waals surface area contributed by atoms with Crippen molar-refractivity contribution in [2.75, 3.05) is 47.3 Å². The second-order valence-electron chi connectivity index (χ2n) is 3.85. The molecule has 0 aromatic rings. The smallest absolute Gasteiger partial charge is 0.320 e. The summed E-state index contributed by atoms with van der Waals surface area (Å²) in [6, 6.07) is -0.0165. The molecule has 0 saturated heterocycles. The van der Waals surface area contributed by atoms with Gasteiger partial charge in [-0.3, -0.25) is 4.90 Å². The summed E-state index contributed by atoms with van der Waals surface area (Å²) in [5.41, 5.74) is 0. The zero-order valence-electron chi connectivity index (χ0n) is 11.1. The highest BCUT2D eigenvalue weighted by molar-refractivity contribution is 5.73. The molecular formula is C12H23N3O. The first-order chi connectivity index (χ1) is 7.52. The van der Waals surface area contributed by atoms with Crippen molar-refractivity contribution in [2.45, 2.75) is 13.8 Å². The Balaban J connectivity index is 3.96. The minimum absolute atomic E-state index is 0.0165. The van der Waals surface area contributed by atoms with E-state index in [-0.39, 0.29) is 6.03 Å². The van der Waals surface area contributed by atoms with Gasteiger partial charge in [0.05, 0.1) is 13.1 Å². The van der Waals surface area contributed by atoms with Crippen molar-refractivity contribution in [3.8, 4) is 11.8 Å². The van der Waals surface area contributed by atoms with Crippen LogP contribution in [0.15, 0.2) is 0 Å². The third-order valence-electron chi connectivity index (χ3n) is 2.35. The van der Waals surface area contributed by atoms with Crippen LogP contribution >= 0.6 is 0 Å². The highest BCUT2D eigenvalue weighted by Crippen LogP contribution is 1.89. The van der Waals surface area contributed by atoms with Gasteiger partial charge in [0, 0.05) is 21.1 Å². The maximum absolute atomic E-state index is 11.5. The van der Waals surface area contributed by atoms with Crippen LogP contribution in [-0.4, -0.2) is 68.1 Å². The van der Waals surface area contributed by atoms with Gasteiger partial charge in [-0.15, -0.1) is 0 Å². The number of nitrogens with zero attached hydrogens (tertiary/aromatic N) is 3. The van der Waals surface area contributed by atoms with E-state index in [4.69, 9.17) is 0 Å². The van der Waals surface area contributed by atoms with E-state index < -0.39 is 0 Å². The van der Waals surface area contributed by atoms with Gasteiger partial charge in [0.25, 0.3) is 0 Å². The quantitative estimate of drug-likeness (QED) is 0.666. The number of rotatable bonds is 4. The van der Waals surface area contributed by atoms with Crippen LogP contribution in [0, 0.1) is 11.8 Å². The summed E-state index contributed by atoms with van der Waals surface area (Å²) in [4.78, 5) is 16.8. The minimum Gasteiger partial charge on any atom is -0.331 e. The van der Waals surface area contributed by atoms with E-state index in [1.807, 2.05) is 0 Å². The van der Waals surface area contributed by atoms with E-state index >= 15 is 0 Å². The Labute approximate surface area is 99.2 Å². The number of carbonyl (C=O) groups excluding carboxylic acids is 1. The van der Waals surface area contributed by atoms with Gasteiger partial charge in [0.1, 0.15) is 0 Å². The molecule has 0 aliphatic rings. The van der Waals surface area contributed by atoms with Gasteiger partial charge in [-0.25, -0.2) is 4.79 Å². The summed E-state index contributed by atoms with van der Waals surface area (Å²) in [5, 5.41) is 0. The molecule has 0 N–H and O–H groups in total. The monoisotopic (exact) mass is 225 g/mol. The number of amides is 2. The molecule has 0 bridgehead atoms. The summed E-state index contributed by atoms with van der Waals surface area (Å²) in [6.45, 7) is 7.52. The molecule has 4 nitrogen and oxygen atoms in total. The first-order valence-electron chi connectivity index (χ1n) is 5.63. The molecule has 92 valence electrons. The molecule has 0 unspecified atom stereocenters. The summed E-state index contributed by atoms with van der Waals surface area (Å²) in [5.74, 6) is 6.08. The second kappa shape index (κ2) is 8.00. The molecule has 0 aliphatic carbocycles. The fraction of sp³-hybridized carbons (Fsp3) is 0.750. The van der Waals surface area contributed by atoms with Crippen LogP contribution in [0.2, 0.25) is 0 Å². The zero-order chi connectivity index (χ0) is 12.6. The van der Waals surface area contributed by atoms with Crippen molar-refractivity contribution in [1.29, 1.82) is 0 Å². The number of urea groups is 1. The third-order valence-corrected chi connectivity index (χ3v) is 2.35. The molecule has 0 heterocycles. The van der Waals surface area contributed by atoms with Crippen LogP contribution in [0.1, 0.15) is 13.8 Å². The first kappa shape index (κ1) is 14.8. The normalized spacial score (nSPS) is 9.62. The summed E-state index contributed by atoms with van der Waals surface area (Å²) < 4.78 is 0. The predicted octanol–water partition coefficient (Wildman–Crippen LogP) is 0.945. The number of carbonyl (C=O) groups is 1. The Bertz CT molecular complexity index is 261. The standard InChI is InChI=1S/C12H23N3O/c1-6-15(7-2)11-9-8-10-14(5)12(16)13(3)4/h6-7,10-11H2,1-5H3. The highest BCUT2D eigenvalue weighted by atomic mass is 16.2. The van der Waals surface area contributed by atoms with Crippen molar-refractivity contribution >= 4 is 6.03 Å². The molecule has 0 saturated carbocycles. The van der Waals surface area contributed by atoms with Gasteiger partial charge in [-0.1, -0.05) is 25.7 Å². The van der Waals surface area contributed by atoms with E-state index in [2.05, 4.69) is 30.6 Å². The van der Waals surface area contributed by atoms with E-state index in [1.165, 1.54) is 0 Å². The maximum Gasteiger partial charge on any atom is 0.320 e. The van der Waals surface area contributed by atoms with Crippen molar-refractivity contribution in [3.63, 3.8) is 0 Å². The van der Waals surface area contributed by atoms with Crippen molar-refractivity contribution in [3.05, 3.63) is 0 Å². The van der Waals surface area contributed by atoms with Gasteiger partial charge >= 0.3 is 6.03 Å². The Hall–Kier alpha value is -1.21. The molecule has 4 heteroatoms. The third kappa shape index (κ3) is 5.62. The summed E-state index contributed by atoms with van der Waals surface area (Å²) in [6.07, 6.45) is 0. The topological polar surface area (TPSA) is 26.8 Å². The van der Waals surface area contributed by atoms with Crippen LogP contribution < -0.4 is 0 Å². The van der Waals surface area contributed by atoms with Crippen LogP contribution in [0.3, 0.4) is 0 Å². The highest BCUT2D eigenvalue weighted by Gasteiger charge is 2.07. The molecule has 0 aliphatic heterocycles. The van der Waals surface area contributed by atoms with Crippen LogP contribution in [0.5, 0.6) is 0 Å². The molecule has 0 spiro atoms. The average Bonchev–Trinajstić information content (AvgIpc) is 2.27. The first-order valence-corrected chi connectivity index (χ1v) is 5.63. The van der Waals surface area contributed by atoms with E-state index in [9.17, 15) is 4.79 Å². The number of hydrogen-bond donors (Lipinski definition) is 0. The fourth-order valence-electron chi connectivity index (χ4n) is 1.20. The maximum atomic E-state index is 11.5. The van der Waals surface area contributed by atoms with Gasteiger partial charge in [0.2, 0.25) is 0 Å². The van der Waals surface area contributed by atoms with Crippen molar-refractivity contribution in [2.24, 2.45) is 0 Å². The molecule has 2 amide bonds. The SMILES string of the molecule is CCN(CC)CC#CCN(C)C(=O)N(C)C. The molecule has 16 heavy (non-hydrogen) atoms. The Morgan fingerprint density at radius 1 is 1.00 bits per heavy atom. The number of hydrogen-bond acceptors (Lipinski definition) is 2. The molecule has 0 aromatic heterocycles. The lowest BCUT2D eigenvalue weighted by atomic mass is 10.4. The van der Waals surface area contributed by atoms with Gasteiger partial charge < -0.3 is 9.80 Å². The predicted molar refractivity (Wildman–Crippen MR) is 67.3 cm³/mol. The molecule has 0 fully saturated rings. The van der Waals surface area contributed by atoms with E-state index in [0.717, 1.165) is 19.6 Å². The molecule has 0 aromatic carbocycles. The van der Waals surface area contributed by atoms with Crippen LogP contribution in [0.25, 0.3) is 0 Å². The average molecular weight is 225 g/mol. The van der Waals surface area contributed by atoms with Gasteiger partial charge in [-0.05, 0) is 13.1 Å². The second-order valence-corrected chi connectivity index (χ2v) is 3.85. The Morgan fingerprint density at radius 2 is 1.50 bits per heavy atom. The molecule has 0 radical (unpaired) electrons. The summed E-state index contributed by atoms with van der Waals surface area (Å²) >= 11 is 0. The van der Waals surface area contributed by atoms with Gasteiger partial charge in [0.15, 0.2) is 0 Å². The largest absolute Gasteiger partial charge is 0.331 e. The lowest BCUT2D eigenvalue weighted by Gasteiger charge is -2.19. The Kier molecular flexibility index (Phi) is 7.40. The van der Waals surface area contributed by atoms with Crippen molar-refractivity contribution < 1.29 is 4.79 Å². The molecular weight excluding hydrogens is 202 g/mol. The zero-order valence-corrected chi connectivity index (χ0v) is 11.1. The van der Waals surface area contributed by atoms with Crippen molar-refractivity contribution in [1.82, 2.24) is 14.7 Å².